The van der Waals surface area contributed by atoms with Crippen LogP contribution in [0.25, 0.3) is 0 Å². The predicted molar refractivity (Wildman–Crippen MR) is 109 cm³/mol. The van der Waals surface area contributed by atoms with E-state index in [-0.39, 0.29) is 24.5 Å². The van der Waals surface area contributed by atoms with Crippen LogP contribution in [0.15, 0.2) is 46.7 Å². The van der Waals surface area contributed by atoms with Crippen molar-refractivity contribution in [1.82, 2.24) is 14.9 Å². The van der Waals surface area contributed by atoms with Gasteiger partial charge in [-0.1, -0.05) is 23.8 Å². The van der Waals surface area contributed by atoms with Gasteiger partial charge in [0, 0.05) is 11.4 Å². The van der Waals surface area contributed by atoms with E-state index in [1.54, 1.807) is 24.3 Å². The zero-order valence-corrected chi connectivity index (χ0v) is 17.6. The first kappa shape index (κ1) is 21.4. The first-order valence-electron chi connectivity index (χ1n) is 9.16. The van der Waals surface area contributed by atoms with Gasteiger partial charge < -0.3 is 15.4 Å². The third-order valence-electron chi connectivity index (χ3n) is 4.43. The summed E-state index contributed by atoms with van der Waals surface area (Å²) in [5.74, 6) is -1.61. The third kappa shape index (κ3) is 5.41. The van der Waals surface area contributed by atoms with Crippen LogP contribution in [0.2, 0.25) is 0 Å². The lowest BCUT2D eigenvalue weighted by atomic mass is 10.2. The van der Waals surface area contributed by atoms with Crippen LogP contribution in [0.3, 0.4) is 0 Å². The Kier molecular flexibility index (Phi) is 7.01. The van der Waals surface area contributed by atoms with Gasteiger partial charge in [-0.2, -0.15) is 4.31 Å². The molecule has 10 heteroatoms. The minimum Gasteiger partial charge on any atom is -0.360 e. The van der Waals surface area contributed by atoms with Crippen molar-refractivity contribution >= 4 is 33.2 Å². The van der Waals surface area contributed by atoms with Crippen molar-refractivity contribution in [2.45, 2.75) is 31.0 Å². The fourth-order valence-corrected chi connectivity index (χ4v) is 5.08. The van der Waals surface area contributed by atoms with Gasteiger partial charge in [0.1, 0.15) is 6.23 Å². The van der Waals surface area contributed by atoms with Gasteiger partial charge in [0.15, 0.2) is 0 Å². The van der Waals surface area contributed by atoms with Gasteiger partial charge in [-0.15, -0.1) is 11.3 Å². The zero-order valence-electron chi connectivity index (χ0n) is 16.0. The van der Waals surface area contributed by atoms with Crippen molar-refractivity contribution in [3.8, 4) is 0 Å². The number of sulfonamides is 1. The molecule has 0 aliphatic carbocycles. The van der Waals surface area contributed by atoms with Gasteiger partial charge in [0.25, 0.3) is 0 Å². The molecule has 1 unspecified atom stereocenters. The van der Waals surface area contributed by atoms with Crippen LogP contribution in [0.1, 0.15) is 16.9 Å². The van der Waals surface area contributed by atoms with Crippen molar-refractivity contribution in [2.75, 3.05) is 19.7 Å². The van der Waals surface area contributed by atoms with Crippen LogP contribution in [-0.4, -0.2) is 50.5 Å². The molecule has 2 aromatic rings. The van der Waals surface area contributed by atoms with E-state index >= 15 is 0 Å². The summed E-state index contributed by atoms with van der Waals surface area (Å²) in [4.78, 5) is 25.1. The molecule has 0 radical (unpaired) electrons. The van der Waals surface area contributed by atoms with Gasteiger partial charge >= 0.3 is 11.8 Å². The van der Waals surface area contributed by atoms with Crippen LogP contribution in [0.4, 0.5) is 0 Å². The average molecular weight is 438 g/mol. The highest BCUT2D eigenvalue weighted by atomic mass is 32.2. The molecule has 2 N–H and O–H groups in total. The molecule has 1 aromatic carbocycles. The summed E-state index contributed by atoms with van der Waals surface area (Å²) < 4.78 is 32.8. The Bertz CT molecular complexity index is 943. The molecule has 156 valence electrons. The number of aryl methyl sites for hydroxylation is 1. The Labute approximate surface area is 173 Å². The highest BCUT2D eigenvalue weighted by Crippen LogP contribution is 2.22. The van der Waals surface area contributed by atoms with Gasteiger partial charge in [-0.25, -0.2) is 8.42 Å². The van der Waals surface area contributed by atoms with Crippen molar-refractivity contribution in [1.29, 1.82) is 0 Å². The summed E-state index contributed by atoms with van der Waals surface area (Å²) >= 11 is 1.47. The van der Waals surface area contributed by atoms with Gasteiger partial charge in [0.05, 0.1) is 24.6 Å². The molecule has 0 spiro atoms. The molecule has 2 heterocycles. The molecular formula is C19H23N3O5S2. The van der Waals surface area contributed by atoms with Gasteiger partial charge in [-0.05, 0) is 36.9 Å². The van der Waals surface area contributed by atoms with E-state index in [4.69, 9.17) is 4.74 Å². The number of thiophene rings is 1. The highest BCUT2D eigenvalue weighted by Gasteiger charge is 2.34. The SMILES string of the molecule is Cc1ccc(S(=O)(=O)N2CCCOC2CNC(=O)C(=O)NCc2cccs2)cc1. The molecule has 1 saturated heterocycles. The molecule has 29 heavy (non-hydrogen) atoms. The Morgan fingerprint density at radius 1 is 1.17 bits per heavy atom. The van der Waals surface area contributed by atoms with Crippen LogP contribution < -0.4 is 10.6 Å². The lowest BCUT2D eigenvalue weighted by molar-refractivity contribution is -0.140. The average Bonchev–Trinajstić information content (AvgIpc) is 3.24. The van der Waals surface area contributed by atoms with E-state index in [1.807, 2.05) is 24.4 Å². The van der Waals surface area contributed by atoms with Crippen molar-refractivity contribution in [3.05, 3.63) is 52.2 Å². The number of rotatable bonds is 6. The lowest BCUT2D eigenvalue weighted by Gasteiger charge is -2.34. The third-order valence-corrected chi connectivity index (χ3v) is 7.21. The van der Waals surface area contributed by atoms with Gasteiger partial charge in [-0.3, -0.25) is 9.59 Å². The van der Waals surface area contributed by atoms with E-state index in [1.165, 1.54) is 15.6 Å². The number of nitrogens with one attached hydrogen (secondary N) is 2. The molecule has 1 atom stereocenters. The van der Waals surface area contributed by atoms with E-state index in [0.717, 1.165) is 10.4 Å². The van der Waals surface area contributed by atoms with Crippen molar-refractivity contribution in [2.24, 2.45) is 0 Å². The Morgan fingerprint density at radius 3 is 2.59 bits per heavy atom. The van der Waals surface area contributed by atoms with E-state index < -0.39 is 28.1 Å². The fraction of sp³-hybridized carbons (Fsp3) is 0.368. The number of carbonyl (C=O) groups is 2. The number of nitrogens with zero attached hydrogens (tertiary/aromatic N) is 1. The quantitative estimate of drug-likeness (QED) is 0.662. The topological polar surface area (TPSA) is 105 Å². The maximum atomic E-state index is 13.0. The summed E-state index contributed by atoms with van der Waals surface area (Å²) in [5.41, 5.74) is 0.955. The van der Waals surface area contributed by atoms with Crippen molar-refractivity contribution in [3.63, 3.8) is 0 Å². The number of hydrogen-bond acceptors (Lipinski definition) is 6. The number of ether oxygens (including phenoxy) is 1. The van der Waals surface area contributed by atoms with E-state index in [0.29, 0.717) is 13.0 Å². The second-order valence-corrected chi connectivity index (χ2v) is 9.50. The molecule has 8 nitrogen and oxygen atoms in total. The molecule has 1 aromatic heterocycles. The molecule has 1 fully saturated rings. The maximum Gasteiger partial charge on any atom is 0.309 e. The van der Waals surface area contributed by atoms with E-state index in [2.05, 4.69) is 10.6 Å². The zero-order chi connectivity index (χ0) is 20.9. The van der Waals surface area contributed by atoms with Gasteiger partial charge in [0.2, 0.25) is 10.0 Å². The molecule has 0 bridgehead atoms. The first-order valence-corrected chi connectivity index (χ1v) is 11.5. The standard InChI is InChI=1S/C19H23N3O5S2/c1-14-5-7-16(8-6-14)29(25,26)22-9-3-10-27-17(22)13-21-19(24)18(23)20-12-15-4-2-11-28-15/h2,4-8,11,17H,3,9-10,12-13H2,1H3,(H,20,23)(H,21,24). The normalized spacial score (nSPS) is 17.6. The molecule has 1 aliphatic heterocycles. The summed E-state index contributed by atoms with van der Waals surface area (Å²) in [5, 5.41) is 6.88. The smallest absolute Gasteiger partial charge is 0.309 e. The summed E-state index contributed by atoms with van der Waals surface area (Å²) in [6.45, 7) is 2.68. The minimum absolute atomic E-state index is 0.115. The van der Waals surface area contributed by atoms with E-state index in [9.17, 15) is 18.0 Å². The predicted octanol–water partition coefficient (Wildman–Crippen LogP) is 1.23. The Balaban J connectivity index is 1.60. The first-order chi connectivity index (χ1) is 13.9. The van der Waals surface area contributed by atoms with Crippen molar-refractivity contribution < 1.29 is 22.7 Å². The summed E-state index contributed by atoms with van der Waals surface area (Å²) in [6, 6.07) is 10.3. The number of carbonyl (C=O) groups excluding carboxylic acids is 2. The lowest BCUT2D eigenvalue weighted by Crippen LogP contribution is -2.53. The monoisotopic (exact) mass is 437 g/mol. The molecule has 2 amide bonds. The summed E-state index contributed by atoms with van der Waals surface area (Å²) in [7, 11) is -3.78. The van der Waals surface area contributed by atoms with Crippen LogP contribution >= 0.6 is 11.3 Å². The van der Waals surface area contributed by atoms with Crippen LogP contribution in [0, 0.1) is 6.92 Å². The Morgan fingerprint density at radius 2 is 1.90 bits per heavy atom. The van der Waals surface area contributed by atoms with Crippen LogP contribution in [0.5, 0.6) is 0 Å². The Hall–Kier alpha value is -2.27. The second-order valence-electron chi connectivity index (χ2n) is 6.58. The van der Waals surface area contributed by atoms with Crippen LogP contribution in [-0.2, 0) is 30.9 Å². The minimum atomic E-state index is -3.78. The fourth-order valence-electron chi connectivity index (χ4n) is 2.87. The maximum absolute atomic E-state index is 13.0. The molecular weight excluding hydrogens is 414 g/mol. The number of hydrogen-bond donors (Lipinski definition) is 2. The summed E-state index contributed by atoms with van der Waals surface area (Å²) in [6.07, 6.45) is -0.319. The molecule has 1 aliphatic rings. The largest absolute Gasteiger partial charge is 0.360 e. The molecule has 0 saturated carbocycles. The second kappa shape index (κ2) is 9.49. The number of amides is 2. The molecule has 3 rings (SSSR count). The highest BCUT2D eigenvalue weighted by molar-refractivity contribution is 7.89. The number of benzene rings is 1.